The van der Waals surface area contributed by atoms with Crippen LogP contribution in [0.1, 0.15) is 32.3 Å². The van der Waals surface area contributed by atoms with Crippen LogP contribution in [0.2, 0.25) is 0 Å². The molecule has 4 nitrogen and oxygen atoms in total. The molecule has 1 aromatic rings. The topological polar surface area (TPSA) is 57.6 Å². The van der Waals surface area contributed by atoms with Crippen molar-refractivity contribution >= 4 is 17.4 Å². The molecule has 1 heterocycles. The summed E-state index contributed by atoms with van der Waals surface area (Å²) in [7, 11) is 0. The molecule has 1 atom stereocenters. The summed E-state index contributed by atoms with van der Waals surface area (Å²) in [6.45, 7) is 3.91. The maximum absolute atomic E-state index is 12.3. The van der Waals surface area contributed by atoms with Gasteiger partial charge in [0.25, 0.3) is 5.91 Å². The highest BCUT2D eigenvalue weighted by molar-refractivity contribution is 6.08. The predicted molar refractivity (Wildman–Crippen MR) is 68.3 cm³/mol. The highest BCUT2D eigenvalue weighted by Gasteiger charge is 2.49. The van der Waals surface area contributed by atoms with Crippen molar-refractivity contribution in [2.45, 2.75) is 32.3 Å². The average molecular weight is 247 g/mol. The smallest absolute Gasteiger partial charge is 0.264 e. The number of hydrogen-bond acceptors (Lipinski definition) is 3. The Kier molecular flexibility index (Phi) is 3.22. The van der Waals surface area contributed by atoms with Crippen molar-refractivity contribution in [1.29, 1.82) is 0 Å². The lowest BCUT2D eigenvalue weighted by Gasteiger charge is -2.21. The Morgan fingerprint density at radius 2 is 2.06 bits per heavy atom. The molecule has 1 aliphatic rings. The number of fused-ring (bicyclic) bond motifs is 1. The largest absolute Gasteiger partial charge is 0.375 e. The number of carbonyl (C=O) groups is 2. The van der Waals surface area contributed by atoms with Gasteiger partial charge in [-0.25, -0.2) is 0 Å². The van der Waals surface area contributed by atoms with E-state index in [9.17, 15) is 14.7 Å². The van der Waals surface area contributed by atoms with Crippen molar-refractivity contribution in [3.05, 3.63) is 29.8 Å². The summed E-state index contributed by atoms with van der Waals surface area (Å²) in [6, 6.07) is 7.12. The molecule has 4 heteroatoms. The highest BCUT2D eigenvalue weighted by atomic mass is 16.3. The number of nitrogens with zero attached hydrogens (tertiary/aromatic N) is 1. The second-order valence-corrected chi connectivity index (χ2v) is 4.71. The number of rotatable bonds is 4. The van der Waals surface area contributed by atoms with Crippen LogP contribution < -0.4 is 4.90 Å². The molecule has 0 aliphatic carbocycles. The van der Waals surface area contributed by atoms with Gasteiger partial charge in [0.2, 0.25) is 0 Å². The SMILES string of the molecule is CCCN1C(=O)[C@@](O)(CC(C)=O)c2ccccc21. The second kappa shape index (κ2) is 4.53. The molecule has 0 unspecified atom stereocenters. The normalized spacial score (nSPS) is 22.2. The van der Waals surface area contributed by atoms with Gasteiger partial charge in [-0.05, 0) is 19.4 Å². The van der Waals surface area contributed by atoms with Crippen LogP contribution in [0.25, 0.3) is 0 Å². The Balaban J connectivity index is 2.50. The van der Waals surface area contributed by atoms with Crippen LogP contribution in [-0.4, -0.2) is 23.3 Å². The zero-order valence-corrected chi connectivity index (χ0v) is 10.6. The van der Waals surface area contributed by atoms with E-state index in [1.165, 1.54) is 6.92 Å². The van der Waals surface area contributed by atoms with Crippen molar-refractivity contribution in [1.82, 2.24) is 0 Å². The van der Waals surface area contributed by atoms with Gasteiger partial charge < -0.3 is 10.0 Å². The average Bonchev–Trinajstić information content (AvgIpc) is 2.52. The van der Waals surface area contributed by atoms with Gasteiger partial charge in [-0.2, -0.15) is 0 Å². The molecule has 1 amide bonds. The quantitative estimate of drug-likeness (QED) is 0.879. The van der Waals surface area contributed by atoms with Crippen molar-refractivity contribution < 1.29 is 14.7 Å². The fraction of sp³-hybridized carbons (Fsp3) is 0.429. The van der Waals surface area contributed by atoms with E-state index in [-0.39, 0.29) is 18.1 Å². The number of benzene rings is 1. The Bertz CT molecular complexity index is 498. The summed E-state index contributed by atoms with van der Waals surface area (Å²) in [6.07, 6.45) is 0.638. The van der Waals surface area contributed by atoms with Crippen LogP contribution in [0.4, 0.5) is 5.69 Å². The van der Waals surface area contributed by atoms with Gasteiger partial charge in [0.05, 0.1) is 5.69 Å². The number of amides is 1. The van der Waals surface area contributed by atoms with Crippen LogP contribution in [0.15, 0.2) is 24.3 Å². The summed E-state index contributed by atoms with van der Waals surface area (Å²) in [5, 5.41) is 10.6. The zero-order chi connectivity index (χ0) is 13.3. The molecule has 2 rings (SSSR count). The number of ketones is 1. The van der Waals surface area contributed by atoms with Gasteiger partial charge in [-0.15, -0.1) is 0 Å². The van der Waals surface area contributed by atoms with Gasteiger partial charge >= 0.3 is 0 Å². The fourth-order valence-corrected chi connectivity index (χ4v) is 2.48. The molecular weight excluding hydrogens is 230 g/mol. The minimum atomic E-state index is -1.68. The molecule has 0 fully saturated rings. The molecule has 1 aromatic carbocycles. The van der Waals surface area contributed by atoms with E-state index in [0.717, 1.165) is 6.42 Å². The molecule has 0 spiro atoms. The first-order chi connectivity index (χ1) is 8.50. The molecule has 0 radical (unpaired) electrons. The number of anilines is 1. The van der Waals surface area contributed by atoms with Crippen LogP contribution in [0.5, 0.6) is 0 Å². The summed E-state index contributed by atoms with van der Waals surface area (Å²) < 4.78 is 0. The molecule has 0 saturated heterocycles. The zero-order valence-electron chi connectivity index (χ0n) is 10.6. The summed E-state index contributed by atoms with van der Waals surface area (Å²) >= 11 is 0. The molecule has 0 aromatic heterocycles. The van der Waals surface area contributed by atoms with Gasteiger partial charge in [-0.1, -0.05) is 25.1 Å². The van der Waals surface area contributed by atoms with Crippen LogP contribution in [0, 0.1) is 0 Å². The molecule has 1 aliphatic heterocycles. The lowest BCUT2D eigenvalue weighted by molar-refractivity contribution is -0.141. The Hall–Kier alpha value is -1.68. The van der Waals surface area contributed by atoms with E-state index in [4.69, 9.17) is 0 Å². The van der Waals surface area contributed by atoms with Gasteiger partial charge in [0, 0.05) is 18.5 Å². The van der Waals surface area contributed by atoms with Crippen molar-refractivity contribution in [2.75, 3.05) is 11.4 Å². The monoisotopic (exact) mass is 247 g/mol. The number of aliphatic hydroxyl groups is 1. The van der Waals surface area contributed by atoms with Gasteiger partial charge in [0.1, 0.15) is 5.78 Å². The van der Waals surface area contributed by atoms with Gasteiger partial charge in [0.15, 0.2) is 5.60 Å². The maximum Gasteiger partial charge on any atom is 0.264 e. The Morgan fingerprint density at radius 1 is 1.39 bits per heavy atom. The van der Waals surface area contributed by atoms with Crippen molar-refractivity contribution in [2.24, 2.45) is 0 Å². The minimum absolute atomic E-state index is 0.164. The number of hydrogen-bond donors (Lipinski definition) is 1. The maximum atomic E-state index is 12.3. The van der Waals surface area contributed by atoms with Crippen molar-refractivity contribution in [3.8, 4) is 0 Å². The standard InChI is InChI=1S/C14H17NO3/c1-3-8-15-12-7-5-4-6-11(12)14(18,13(15)17)9-10(2)16/h4-7,18H,3,8-9H2,1-2H3/t14-/m1/s1. The van der Waals surface area contributed by atoms with E-state index in [1.807, 2.05) is 13.0 Å². The molecule has 18 heavy (non-hydrogen) atoms. The first-order valence-electron chi connectivity index (χ1n) is 6.14. The summed E-state index contributed by atoms with van der Waals surface area (Å²) in [5.41, 5.74) is -0.427. The summed E-state index contributed by atoms with van der Waals surface area (Å²) in [4.78, 5) is 25.2. The predicted octanol–water partition coefficient (Wildman–Crippen LogP) is 1.61. The first-order valence-corrected chi connectivity index (χ1v) is 6.14. The fourth-order valence-electron chi connectivity index (χ4n) is 2.48. The molecule has 0 saturated carbocycles. The van der Waals surface area contributed by atoms with E-state index in [0.29, 0.717) is 17.8 Å². The number of Topliss-reactive ketones (excluding diaryl/α,β-unsaturated/α-hetero) is 1. The molecular formula is C14H17NO3. The van der Waals surface area contributed by atoms with Crippen LogP contribution in [0.3, 0.4) is 0 Å². The van der Waals surface area contributed by atoms with E-state index >= 15 is 0 Å². The lowest BCUT2D eigenvalue weighted by atomic mass is 9.90. The molecule has 96 valence electrons. The second-order valence-electron chi connectivity index (χ2n) is 4.71. The van der Waals surface area contributed by atoms with E-state index in [1.54, 1.807) is 23.1 Å². The van der Waals surface area contributed by atoms with Crippen LogP contribution >= 0.6 is 0 Å². The first kappa shape index (κ1) is 12.8. The third kappa shape index (κ3) is 1.82. The molecule has 1 N–H and O–H groups in total. The highest BCUT2D eigenvalue weighted by Crippen LogP contribution is 2.42. The lowest BCUT2D eigenvalue weighted by Crippen LogP contribution is -2.41. The van der Waals surface area contributed by atoms with Gasteiger partial charge in [-0.3, -0.25) is 9.59 Å². The third-order valence-electron chi connectivity index (χ3n) is 3.19. The van der Waals surface area contributed by atoms with E-state index < -0.39 is 5.60 Å². The van der Waals surface area contributed by atoms with Crippen LogP contribution in [-0.2, 0) is 15.2 Å². The molecule has 0 bridgehead atoms. The number of para-hydroxylation sites is 1. The Labute approximate surface area is 106 Å². The minimum Gasteiger partial charge on any atom is -0.375 e. The summed E-state index contributed by atoms with van der Waals surface area (Å²) in [5.74, 6) is -0.584. The number of carbonyl (C=O) groups excluding carboxylic acids is 2. The van der Waals surface area contributed by atoms with Crippen molar-refractivity contribution in [3.63, 3.8) is 0 Å². The Morgan fingerprint density at radius 3 is 2.67 bits per heavy atom. The third-order valence-corrected chi connectivity index (χ3v) is 3.19. The van der Waals surface area contributed by atoms with E-state index in [2.05, 4.69) is 0 Å².